The van der Waals surface area contributed by atoms with Gasteiger partial charge in [-0.2, -0.15) is 13.2 Å². The van der Waals surface area contributed by atoms with Gasteiger partial charge in [-0.05, 0) is 55.0 Å². The van der Waals surface area contributed by atoms with Crippen LogP contribution in [0.5, 0.6) is 0 Å². The third-order valence-corrected chi connectivity index (χ3v) is 8.56. The number of hydrogen-bond donors (Lipinski definition) is 1. The number of halogens is 5. The van der Waals surface area contributed by atoms with Gasteiger partial charge in [-0.1, -0.05) is 33.3 Å². The predicted octanol–water partition coefficient (Wildman–Crippen LogP) is 7.18. The van der Waals surface area contributed by atoms with E-state index >= 15 is 4.39 Å². The van der Waals surface area contributed by atoms with Crippen molar-refractivity contribution in [2.45, 2.75) is 71.0 Å². The van der Waals surface area contributed by atoms with Crippen molar-refractivity contribution in [1.82, 2.24) is 9.29 Å². The summed E-state index contributed by atoms with van der Waals surface area (Å²) in [6.45, 7) is 7.95. The Kier molecular flexibility index (Phi) is 6.75. The van der Waals surface area contributed by atoms with Crippen LogP contribution in [0, 0.1) is 17.0 Å². The molecule has 1 aliphatic carbocycles. The first-order valence-corrected chi connectivity index (χ1v) is 13.3. The molecule has 0 aliphatic heterocycles. The van der Waals surface area contributed by atoms with Gasteiger partial charge in [0.05, 0.1) is 10.8 Å². The number of fused-ring (bicyclic) bond motifs is 1. The van der Waals surface area contributed by atoms with Gasteiger partial charge in [-0.25, -0.2) is 21.9 Å². The average molecular weight is 529 g/mol. The lowest BCUT2D eigenvalue weighted by molar-refractivity contribution is -0.137. The summed E-state index contributed by atoms with van der Waals surface area (Å²) >= 11 is 0. The van der Waals surface area contributed by atoms with Crippen molar-refractivity contribution in [1.29, 1.82) is 0 Å². The summed E-state index contributed by atoms with van der Waals surface area (Å²) in [7, 11) is -3.58. The third kappa shape index (κ3) is 5.16. The van der Waals surface area contributed by atoms with E-state index in [1.165, 1.54) is 6.07 Å². The molecule has 0 bridgehead atoms. The molecule has 0 unspecified atom stereocenters. The molecule has 0 spiro atoms. The molecular weight excluding hydrogens is 499 g/mol. The number of aromatic nitrogens is 1. The monoisotopic (exact) mass is 528 g/mol. The van der Waals surface area contributed by atoms with Crippen molar-refractivity contribution in [3.05, 3.63) is 59.3 Å². The molecule has 4 rings (SSSR count). The van der Waals surface area contributed by atoms with E-state index in [0.717, 1.165) is 30.7 Å². The minimum atomic E-state index is -4.88. The molecule has 1 fully saturated rings. The van der Waals surface area contributed by atoms with Gasteiger partial charge in [0.2, 0.25) is 10.0 Å². The zero-order valence-corrected chi connectivity index (χ0v) is 21.3. The second-order valence-electron chi connectivity index (χ2n) is 10.7. The van der Waals surface area contributed by atoms with Crippen LogP contribution in [-0.4, -0.2) is 18.2 Å². The SMILES string of the molecule is C[C@@H](NS(=O)(=O)C1CCC1)c1cn(CC(C)(C)C)c2cc(-c3c(F)cccc3C(F)(F)F)c(F)cc12. The molecule has 0 radical (unpaired) electrons. The van der Waals surface area contributed by atoms with E-state index in [1.54, 1.807) is 17.7 Å². The number of benzene rings is 2. The maximum absolute atomic E-state index is 15.4. The van der Waals surface area contributed by atoms with Crippen LogP contribution in [0.25, 0.3) is 22.0 Å². The zero-order valence-electron chi connectivity index (χ0n) is 20.5. The van der Waals surface area contributed by atoms with Crippen molar-refractivity contribution in [2.24, 2.45) is 5.41 Å². The normalized spacial score (nSPS) is 16.4. The number of sulfonamides is 1. The molecule has 196 valence electrons. The molecule has 10 heteroatoms. The summed E-state index contributed by atoms with van der Waals surface area (Å²) in [5, 5.41) is -0.109. The fourth-order valence-corrected chi connectivity index (χ4v) is 6.40. The van der Waals surface area contributed by atoms with Gasteiger partial charge in [0.15, 0.2) is 0 Å². The van der Waals surface area contributed by atoms with E-state index in [2.05, 4.69) is 4.72 Å². The molecule has 0 saturated heterocycles. The quantitative estimate of drug-likeness (QED) is 0.345. The summed E-state index contributed by atoms with van der Waals surface area (Å²) in [6, 6.07) is 4.11. The molecule has 1 aromatic heterocycles. The molecule has 1 N–H and O–H groups in total. The Morgan fingerprint density at radius 2 is 1.75 bits per heavy atom. The van der Waals surface area contributed by atoms with Crippen molar-refractivity contribution in [2.75, 3.05) is 0 Å². The largest absolute Gasteiger partial charge is 0.417 e. The Labute approximate surface area is 207 Å². The van der Waals surface area contributed by atoms with Crippen molar-refractivity contribution in [3.8, 4) is 11.1 Å². The number of nitrogens with zero attached hydrogens (tertiary/aromatic N) is 1. The zero-order chi connectivity index (χ0) is 26.6. The lowest BCUT2D eigenvalue weighted by Gasteiger charge is -2.27. The Morgan fingerprint density at radius 3 is 2.31 bits per heavy atom. The highest BCUT2D eigenvalue weighted by Gasteiger charge is 2.36. The Bertz CT molecular complexity index is 1400. The second-order valence-corrected chi connectivity index (χ2v) is 12.7. The first-order chi connectivity index (χ1) is 16.6. The minimum Gasteiger partial charge on any atom is -0.347 e. The highest BCUT2D eigenvalue weighted by atomic mass is 32.2. The molecule has 2 aromatic carbocycles. The Hall–Kier alpha value is -2.46. The topological polar surface area (TPSA) is 51.1 Å². The van der Waals surface area contributed by atoms with E-state index in [9.17, 15) is 26.0 Å². The van der Waals surface area contributed by atoms with E-state index in [4.69, 9.17) is 0 Å². The molecule has 4 nitrogen and oxygen atoms in total. The standard InChI is InChI=1S/C26H29F5N2O2S/c1-15(32-36(34,35)16-7-5-8-16)19-13-33(14-25(2,3)4)23-12-18(22(28)11-17(19)23)24-20(26(29,30)31)9-6-10-21(24)27/h6,9-13,15-16,32H,5,7-8,14H2,1-4H3/t15-/m1/s1. The first kappa shape index (κ1) is 26.6. The number of rotatable bonds is 6. The Morgan fingerprint density at radius 1 is 1.08 bits per heavy atom. The minimum absolute atomic E-state index is 0.262. The van der Waals surface area contributed by atoms with Crippen LogP contribution in [0.4, 0.5) is 22.0 Å². The van der Waals surface area contributed by atoms with Crippen LogP contribution in [0.2, 0.25) is 0 Å². The van der Waals surface area contributed by atoms with Gasteiger partial charge >= 0.3 is 6.18 Å². The molecule has 1 aliphatic rings. The summed E-state index contributed by atoms with van der Waals surface area (Å²) in [4.78, 5) is 0. The maximum Gasteiger partial charge on any atom is 0.417 e. The summed E-state index contributed by atoms with van der Waals surface area (Å²) in [5.74, 6) is -2.21. The average Bonchev–Trinajstić information content (AvgIpc) is 3.00. The van der Waals surface area contributed by atoms with Crippen molar-refractivity contribution < 1.29 is 30.4 Å². The maximum atomic E-state index is 15.4. The number of hydrogen-bond acceptors (Lipinski definition) is 2. The van der Waals surface area contributed by atoms with Crippen LogP contribution >= 0.6 is 0 Å². The van der Waals surface area contributed by atoms with Crippen LogP contribution in [0.1, 0.15) is 64.1 Å². The fraction of sp³-hybridized carbons (Fsp3) is 0.462. The molecule has 0 amide bonds. The van der Waals surface area contributed by atoms with Crippen LogP contribution in [-0.2, 0) is 22.7 Å². The lowest BCUT2D eigenvalue weighted by Crippen LogP contribution is -2.39. The molecule has 3 aromatic rings. The summed E-state index contributed by atoms with van der Waals surface area (Å²) < 4.78 is 101. The molecule has 1 atom stereocenters. The van der Waals surface area contributed by atoms with Crippen molar-refractivity contribution >= 4 is 20.9 Å². The summed E-state index contributed by atoms with van der Waals surface area (Å²) in [5.41, 5.74) is -2.00. The van der Waals surface area contributed by atoms with Gasteiger partial charge in [-0.15, -0.1) is 0 Å². The lowest BCUT2D eigenvalue weighted by atomic mass is 9.95. The van der Waals surface area contributed by atoms with Gasteiger partial charge in [0.1, 0.15) is 11.6 Å². The van der Waals surface area contributed by atoms with Gasteiger partial charge in [0.25, 0.3) is 0 Å². The van der Waals surface area contributed by atoms with E-state index in [0.29, 0.717) is 35.9 Å². The van der Waals surface area contributed by atoms with E-state index in [-0.39, 0.29) is 5.41 Å². The second kappa shape index (κ2) is 9.13. The highest BCUT2D eigenvalue weighted by Crippen LogP contribution is 2.42. The number of alkyl halides is 3. The molecule has 1 saturated carbocycles. The van der Waals surface area contributed by atoms with E-state index < -0.39 is 55.8 Å². The van der Waals surface area contributed by atoms with Crippen LogP contribution < -0.4 is 4.72 Å². The molecular formula is C26H29F5N2O2S. The highest BCUT2D eigenvalue weighted by molar-refractivity contribution is 7.90. The van der Waals surface area contributed by atoms with E-state index in [1.807, 2.05) is 20.8 Å². The van der Waals surface area contributed by atoms with Crippen LogP contribution in [0.15, 0.2) is 36.5 Å². The van der Waals surface area contributed by atoms with Gasteiger partial charge in [0, 0.05) is 40.8 Å². The molecule has 36 heavy (non-hydrogen) atoms. The number of nitrogens with one attached hydrogen (secondary N) is 1. The van der Waals surface area contributed by atoms with Crippen LogP contribution in [0.3, 0.4) is 0 Å². The van der Waals surface area contributed by atoms with Gasteiger partial charge in [-0.3, -0.25) is 0 Å². The third-order valence-electron chi connectivity index (χ3n) is 6.53. The predicted molar refractivity (Wildman–Crippen MR) is 130 cm³/mol. The fourth-order valence-electron chi connectivity index (χ4n) is 4.64. The summed E-state index contributed by atoms with van der Waals surface area (Å²) in [6.07, 6.45) is -1.19. The smallest absolute Gasteiger partial charge is 0.347 e. The Balaban J connectivity index is 1.90. The van der Waals surface area contributed by atoms with Gasteiger partial charge < -0.3 is 4.57 Å². The molecule has 1 heterocycles. The van der Waals surface area contributed by atoms with Crippen molar-refractivity contribution in [3.63, 3.8) is 0 Å². The first-order valence-electron chi connectivity index (χ1n) is 11.8.